The summed E-state index contributed by atoms with van der Waals surface area (Å²) in [6.45, 7) is 0.452. The van der Waals surface area contributed by atoms with Gasteiger partial charge in [-0.15, -0.1) is 11.3 Å². The van der Waals surface area contributed by atoms with Gasteiger partial charge in [0.25, 0.3) is 5.91 Å². The normalized spacial score (nSPS) is 14.2. The Bertz CT molecular complexity index is 1350. The minimum Gasteiger partial charge on any atom is -0.496 e. The van der Waals surface area contributed by atoms with Crippen molar-refractivity contribution in [3.8, 4) is 16.9 Å². The Balaban J connectivity index is 1.53. The highest BCUT2D eigenvalue weighted by atomic mass is 35.5. The average Bonchev–Trinajstić information content (AvgIpc) is 3.24. The molecule has 1 saturated carbocycles. The number of carbonyl (C=O) groups is 1. The smallest absolute Gasteiger partial charge is 0.266 e. The number of carbonyl (C=O) groups excluding carboxylic acids is 1. The molecule has 4 aromatic rings. The molecule has 0 atom stereocenters. The van der Waals surface area contributed by atoms with E-state index in [-0.39, 0.29) is 11.9 Å². The number of fused-ring (bicyclic) bond motifs is 1. The number of aromatic nitrogens is 1. The van der Waals surface area contributed by atoms with Crippen LogP contribution in [0.15, 0.2) is 60.8 Å². The number of methoxy groups -OCH3 is 1. The Kier molecular flexibility index (Phi) is 6.93. The van der Waals surface area contributed by atoms with Crippen molar-refractivity contribution >= 4 is 44.7 Å². The molecule has 1 aliphatic rings. The van der Waals surface area contributed by atoms with Crippen LogP contribution in [-0.4, -0.2) is 28.9 Å². The fourth-order valence-corrected chi connectivity index (χ4v) is 6.35. The van der Waals surface area contributed by atoms with E-state index >= 15 is 0 Å². The Morgan fingerprint density at radius 2 is 1.89 bits per heavy atom. The second kappa shape index (κ2) is 10.3. The molecule has 1 fully saturated rings. The van der Waals surface area contributed by atoms with Gasteiger partial charge in [0.2, 0.25) is 0 Å². The van der Waals surface area contributed by atoms with Crippen molar-refractivity contribution in [2.45, 2.75) is 44.7 Å². The summed E-state index contributed by atoms with van der Waals surface area (Å²) in [4.78, 5) is 20.9. The van der Waals surface area contributed by atoms with Gasteiger partial charge in [-0.25, -0.2) is 4.98 Å². The van der Waals surface area contributed by atoms with Crippen LogP contribution in [-0.2, 0) is 6.54 Å². The summed E-state index contributed by atoms with van der Waals surface area (Å²) < 4.78 is 6.73. The molecule has 1 aliphatic carbocycles. The zero-order chi connectivity index (χ0) is 24.4. The molecule has 0 radical (unpaired) electrons. The van der Waals surface area contributed by atoms with Crippen LogP contribution in [0.1, 0.15) is 47.3 Å². The summed E-state index contributed by atoms with van der Waals surface area (Å²) in [5.41, 5.74) is 8.70. The van der Waals surface area contributed by atoms with E-state index < -0.39 is 0 Å². The van der Waals surface area contributed by atoms with E-state index in [2.05, 4.69) is 11.1 Å². The molecule has 0 saturated heterocycles. The van der Waals surface area contributed by atoms with E-state index in [1.54, 1.807) is 19.4 Å². The van der Waals surface area contributed by atoms with Gasteiger partial charge in [0.05, 0.1) is 12.1 Å². The number of amides is 1. The van der Waals surface area contributed by atoms with Crippen molar-refractivity contribution in [1.29, 1.82) is 0 Å². The second-order valence-corrected chi connectivity index (χ2v) is 10.4. The number of benzene rings is 2. The van der Waals surface area contributed by atoms with E-state index in [0.29, 0.717) is 22.3 Å². The SMILES string of the molecule is COc1ccc(-c2ccc(N)nc2)cc1CN(C(=O)c1sc2ccccc2c1Cl)C1CCCCC1. The first-order chi connectivity index (χ1) is 17.0. The number of hydrogen-bond donors (Lipinski definition) is 1. The van der Waals surface area contributed by atoms with Crippen molar-refractivity contribution in [2.24, 2.45) is 0 Å². The van der Waals surface area contributed by atoms with E-state index in [0.717, 1.165) is 58.2 Å². The van der Waals surface area contributed by atoms with E-state index in [1.807, 2.05) is 47.4 Å². The highest BCUT2D eigenvalue weighted by molar-refractivity contribution is 7.21. The number of rotatable bonds is 6. The summed E-state index contributed by atoms with van der Waals surface area (Å²) in [5, 5.41) is 1.48. The molecule has 0 spiro atoms. The zero-order valence-corrected chi connectivity index (χ0v) is 21.2. The molecule has 7 heteroatoms. The Morgan fingerprint density at radius 1 is 1.11 bits per heavy atom. The van der Waals surface area contributed by atoms with Crippen molar-refractivity contribution in [3.05, 3.63) is 76.3 Å². The van der Waals surface area contributed by atoms with Crippen LogP contribution in [0.25, 0.3) is 21.2 Å². The minimum atomic E-state index is -0.00953. The molecule has 180 valence electrons. The van der Waals surface area contributed by atoms with Crippen LogP contribution in [0.4, 0.5) is 5.82 Å². The fourth-order valence-electron chi connectivity index (χ4n) is 4.88. The zero-order valence-electron chi connectivity index (χ0n) is 19.7. The van der Waals surface area contributed by atoms with Crippen molar-refractivity contribution in [1.82, 2.24) is 9.88 Å². The molecule has 2 aromatic carbocycles. The van der Waals surface area contributed by atoms with Gasteiger partial charge in [0.15, 0.2) is 0 Å². The van der Waals surface area contributed by atoms with Crippen molar-refractivity contribution in [3.63, 3.8) is 0 Å². The first-order valence-electron chi connectivity index (χ1n) is 11.9. The molecule has 0 unspecified atom stereocenters. The van der Waals surface area contributed by atoms with Crippen LogP contribution in [0.5, 0.6) is 5.75 Å². The highest BCUT2D eigenvalue weighted by Crippen LogP contribution is 2.38. The van der Waals surface area contributed by atoms with Crippen molar-refractivity contribution in [2.75, 3.05) is 12.8 Å². The molecule has 1 amide bonds. The largest absolute Gasteiger partial charge is 0.496 e. The molecule has 35 heavy (non-hydrogen) atoms. The van der Waals surface area contributed by atoms with E-state index in [9.17, 15) is 4.79 Å². The van der Waals surface area contributed by atoms with Gasteiger partial charge in [0, 0.05) is 40.0 Å². The standard InChI is InChI=1S/C28H28ClN3O2S/c1-34-23-13-11-18(19-12-14-25(30)31-16-19)15-20(23)17-32(21-7-3-2-4-8-21)28(33)27-26(29)22-9-5-6-10-24(22)35-27/h5-6,9-16,21H,2-4,7-8,17H2,1H3,(H2,30,31). The number of nitrogens with zero attached hydrogens (tertiary/aromatic N) is 2. The van der Waals surface area contributed by atoms with Gasteiger partial charge in [-0.1, -0.05) is 55.1 Å². The maximum atomic E-state index is 14.0. The lowest BCUT2D eigenvalue weighted by atomic mass is 9.93. The van der Waals surface area contributed by atoms with Gasteiger partial charge in [0.1, 0.15) is 16.4 Å². The van der Waals surface area contributed by atoms with Crippen molar-refractivity contribution < 1.29 is 9.53 Å². The lowest BCUT2D eigenvalue weighted by Gasteiger charge is -2.34. The number of nitrogen functional groups attached to an aromatic ring is 1. The molecular formula is C28H28ClN3O2S. The number of anilines is 1. The first-order valence-corrected chi connectivity index (χ1v) is 13.1. The fraction of sp³-hybridized carbons (Fsp3) is 0.286. The lowest BCUT2D eigenvalue weighted by Crippen LogP contribution is -2.40. The van der Waals surface area contributed by atoms with Crippen LogP contribution >= 0.6 is 22.9 Å². The third-order valence-corrected chi connectivity index (χ3v) is 8.41. The highest BCUT2D eigenvalue weighted by Gasteiger charge is 2.30. The van der Waals surface area contributed by atoms with Crippen LogP contribution < -0.4 is 10.5 Å². The maximum Gasteiger partial charge on any atom is 0.266 e. The number of thiophene rings is 1. The number of nitrogens with two attached hydrogens (primary N) is 1. The molecule has 0 aliphatic heterocycles. The number of hydrogen-bond acceptors (Lipinski definition) is 5. The molecule has 2 heterocycles. The predicted molar refractivity (Wildman–Crippen MR) is 144 cm³/mol. The molecule has 0 bridgehead atoms. The Morgan fingerprint density at radius 3 is 2.60 bits per heavy atom. The molecule has 2 aromatic heterocycles. The van der Waals surface area contributed by atoms with Gasteiger partial charge < -0.3 is 15.4 Å². The Hall–Kier alpha value is -3.09. The number of halogens is 1. The third kappa shape index (κ3) is 4.86. The predicted octanol–water partition coefficient (Wildman–Crippen LogP) is 7.18. The summed E-state index contributed by atoms with van der Waals surface area (Å²) in [7, 11) is 1.67. The van der Waals surface area contributed by atoms with Crippen LogP contribution in [0.2, 0.25) is 5.02 Å². The maximum absolute atomic E-state index is 14.0. The first kappa shape index (κ1) is 23.6. The number of pyridine rings is 1. The molecule has 5 nitrogen and oxygen atoms in total. The average molecular weight is 506 g/mol. The lowest BCUT2D eigenvalue weighted by molar-refractivity contribution is 0.0618. The molecule has 5 rings (SSSR count). The van der Waals surface area contributed by atoms with Gasteiger partial charge >= 0.3 is 0 Å². The quantitative estimate of drug-likeness (QED) is 0.301. The Labute approximate surface area is 214 Å². The third-order valence-electron chi connectivity index (χ3n) is 6.75. The minimum absolute atomic E-state index is 0.00953. The van der Waals surface area contributed by atoms with Crippen LogP contribution in [0, 0.1) is 0 Å². The summed E-state index contributed by atoms with van der Waals surface area (Å²) >= 11 is 8.21. The van der Waals surface area contributed by atoms with Gasteiger partial charge in [-0.3, -0.25) is 4.79 Å². The van der Waals surface area contributed by atoms with Crippen LogP contribution in [0.3, 0.4) is 0 Å². The number of ether oxygens (including phenoxy) is 1. The summed E-state index contributed by atoms with van der Waals surface area (Å²) in [5.74, 6) is 1.23. The summed E-state index contributed by atoms with van der Waals surface area (Å²) in [6, 6.07) is 17.9. The van der Waals surface area contributed by atoms with Gasteiger partial charge in [-0.2, -0.15) is 0 Å². The van der Waals surface area contributed by atoms with E-state index in [1.165, 1.54) is 17.8 Å². The topological polar surface area (TPSA) is 68.5 Å². The second-order valence-electron chi connectivity index (χ2n) is 8.96. The monoisotopic (exact) mass is 505 g/mol. The molecular weight excluding hydrogens is 478 g/mol. The van der Waals surface area contributed by atoms with Gasteiger partial charge in [-0.05, 0) is 48.7 Å². The van der Waals surface area contributed by atoms with E-state index in [4.69, 9.17) is 22.1 Å². The summed E-state index contributed by atoms with van der Waals surface area (Å²) in [6.07, 6.45) is 7.23. The molecule has 2 N–H and O–H groups in total.